The van der Waals surface area contributed by atoms with E-state index < -0.39 is 0 Å². The molecule has 23 heavy (non-hydrogen) atoms. The summed E-state index contributed by atoms with van der Waals surface area (Å²) in [7, 11) is 0. The highest BCUT2D eigenvalue weighted by atomic mass is 35.5. The van der Waals surface area contributed by atoms with Gasteiger partial charge in [0.15, 0.2) is 0 Å². The van der Waals surface area contributed by atoms with E-state index in [1.807, 2.05) is 10.9 Å². The Balaban J connectivity index is 1.35. The van der Waals surface area contributed by atoms with Crippen LogP contribution in [0.4, 0.5) is 0 Å². The first kappa shape index (κ1) is 17.2. The topological polar surface area (TPSA) is 47.8 Å². The van der Waals surface area contributed by atoms with E-state index in [2.05, 4.69) is 19.8 Å². The van der Waals surface area contributed by atoms with Gasteiger partial charge in [0.05, 0.1) is 24.4 Å². The van der Waals surface area contributed by atoms with Crippen LogP contribution >= 0.6 is 11.6 Å². The van der Waals surface area contributed by atoms with E-state index in [4.69, 9.17) is 16.7 Å². The van der Waals surface area contributed by atoms with Gasteiger partial charge in [-0.1, -0.05) is 11.6 Å². The molecule has 7 heteroatoms. The predicted octanol–water partition coefficient (Wildman–Crippen LogP) is 0.611. The summed E-state index contributed by atoms with van der Waals surface area (Å²) in [6.45, 7) is 9.91. The molecule has 0 saturated carbocycles. The van der Waals surface area contributed by atoms with Gasteiger partial charge in [0.25, 0.3) is 0 Å². The second-order valence-corrected chi connectivity index (χ2v) is 7.03. The van der Waals surface area contributed by atoms with Gasteiger partial charge in [-0.3, -0.25) is 14.5 Å². The summed E-state index contributed by atoms with van der Waals surface area (Å²) in [5.74, 6) is 0. The number of hydrogen-bond donors (Lipinski definition) is 1. The van der Waals surface area contributed by atoms with Gasteiger partial charge in [-0.25, -0.2) is 0 Å². The van der Waals surface area contributed by atoms with Crippen molar-refractivity contribution in [1.29, 1.82) is 0 Å². The molecule has 0 amide bonds. The van der Waals surface area contributed by atoms with Crippen molar-refractivity contribution in [2.75, 3.05) is 59.0 Å². The van der Waals surface area contributed by atoms with Crippen LogP contribution in [0.1, 0.15) is 12.8 Å². The molecule has 0 bridgehead atoms. The number of likely N-dealkylation sites (tertiary alicyclic amines) is 1. The SMILES string of the molecule is OCCN1CCN(C2CCN(CCn3cc(Cl)cn3)CC2)CC1. The molecule has 0 atom stereocenters. The zero-order chi connectivity index (χ0) is 16.1. The number of aromatic nitrogens is 2. The highest BCUT2D eigenvalue weighted by Crippen LogP contribution is 2.18. The van der Waals surface area contributed by atoms with Crippen LogP contribution < -0.4 is 0 Å². The number of β-amino-alcohol motifs (C(OH)–C–C–N with tert-alkyl or cyclic N) is 1. The fourth-order valence-corrected chi connectivity index (χ4v) is 3.86. The minimum absolute atomic E-state index is 0.278. The molecule has 130 valence electrons. The molecule has 2 aliphatic heterocycles. The van der Waals surface area contributed by atoms with Gasteiger partial charge < -0.3 is 10.0 Å². The number of aliphatic hydroxyl groups is 1. The Morgan fingerprint density at radius 3 is 2.30 bits per heavy atom. The highest BCUT2D eigenvalue weighted by Gasteiger charge is 2.27. The molecule has 1 N–H and O–H groups in total. The first-order valence-electron chi connectivity index (χ1n) is 8.72. The van der Waals surface area contributed by atoms with Gasteiger partial charge in [0, 0.05) is 51.5 Å². The molecule has 1 aromatic heterocycles. The number of piperidine rings is 1. The van der Waals surface area contributed by atoms with Crippen LogP contribution in [0.15, 0.2) is 12.4 Å². The lowest BCUT2D eigenvalue weighted by molar-refractivity contribution is 0.0523. The maximum atomic E-state index is 9.02. The van der Waals surface area contributed by atoms with E-state index in [0.29, 0.717) is 5.02 Å². The molecule has 0 aliphatic carbocycles. The second-order valence-electron chi connectivity index (χ2n) is 6.60. The number of hydrogen-bond acceptors (Lipinski definition) is 5. The summed E-state index contributed by atoms with van der Waals surface area (Å²) >= 11 is 5.90. The zero-order valence-corrected chi connectivity index (χ0v) is 14.5. The standard InChI is InChI=1S/C16H28ClN5O/c17-15-13-18-22(14-15)10-7-19-3-1-16(2-4-19)21-8-5-20(6-9-21)11-12-23/h13-14,16,23H,1-12H2. The smallest absolute Gasteiger partial charge is 0.0785 e. The van der Waals surface area contributed by atoms with Crippen LogP contribution in [0, 0.1) is 0 Å². The maximum Gasteiger partial charge on any atom is 0.0785 e. The zero-order valence-electron chi connectivity index (χ0n) is 13.8. The summed E-state index contributed by atoms with van der Waals surface area (Å²) < 4.78 is 1.93. The molecule has 2 fully saturated rings. The Kier molecular flexibility index (Phi) is 6.30. The number of nitrogens with zero attached hydrogens (tertiary/aromatic N) is 5. The Morgan fingerprint density at radius 1 is 1.00 bits per heavy atom. The Bertz CT molecular complexity index is 467. The van der Waals surface area contributed by atoms with Gasteiger partial charge >= 0.3 is 0 Å². The average Bonchev–Trinajstić information content (AvgIpc) is 3.00. The molecule has 1 aromatic rings. The third-order valence-electron chi connectivity index (χ3n) is 5.14. The summed E-state index contributed by atoms with van der Waals surface area (Å²) in [4.78, 5) is 7.55. The van der Waals surface area contributed by atoms with E-state index in [1.54, 1.807) is 6.20 Å². The van der Waals surface area contributed by atoms with Crippen LogP contribution in [-0.2, 0) is 6.54 Å². The van der Waals surface area contributed by atoms with E-state index in [0.717, 1.165) is 51.9 Å². The number of rotatable bonds is 6. The van der Waals surface area contributed by atoms with E-state index in [1.165, 1.54) is 25.9 Å². The van der Waals surface area contributed by atoms with Crippen LogP contribution in [0.5, 0.6) is 0 Å². The highest BCUT2D eigenvalue weighted by molar-refractivity contribution is 6.30. The van der Waals surface area contributed by atoms with Crippen molar-refractivity contribution in [3.05, 3.63) is 17.4 Å². The van der Waals surface area contributed by atoms with Crippen molar-refractivity contribution < 1.29 is 5.11 Å². The summed E-state index contributed by atoms with van der Waals surface area (Å²) in [6, 6.07) is 0.738. The lowest BCUT2D eigenvalue weighted by Crippen LogP contribution is -2.53. The molecule has 0 radical (unpaired) electrons. The van der Waals surface area contributed by atoms with Gasteiger partial charge in [-0.2, -0.15) is 5.10 Å². The minimum Gasteiger partial charge on any atom is -0.395 e. The van der Waals surface area contributed by atoms with Crippen LogP contribution in [0.3, 0.4) is 0 Å². The number of piperazine rings is 1. The molecule has 3 heterocycles. The van der Waals surface area contributed by atoms with Crippen LogP contribution in [0.2, 0.25) is 5.02 Å². The average molecular weight is 342 g/mol. The van der Waals surface area contributed by atoms with Crippen molar-refractivity contribution in [2.24, 2.45) is 0 Å². The third-order valence-corrected chi connectivity index (χ3v) is 5.34. The van der Waals surface area contributed by atoms with Crippen LogP contribution in [-0.4, -0.2) is 94.6 Å². The Labute approximate surface area is 143 Å². The van der Waals surface area contributed by atoms with Gasteiger partial charge in [-0.05, 0) is 25.9 Å². The van der Waals surface area contributed by atoms with Crippen molar-refractivity contribution in [3.8, 4) is 0 Å². The van der Waals surface area contributed by atoms with Crippen molar-refractivity contribution in [2.45, 2.75) is 25.4 Å². The molecule has 0 spiro atoms. The van der Waals surface area contributed by atoms with E-state index >= 15 is 0 Å². The molecule has 0 aromatic carbocycles. The number of aliphatic hydroxyl groups excluding tert-OH is 1. The lowest BCUT2D eigenvalue weighted by Gasteiger charge is -2.42. The normalized spacial score (nSPS) is 22.7. The first-order valence-corrected chi connectivity index (χ1v) is 9.10. The monoisotopic (exact) mass is 341 g/mol. The third kappa shape index (κ3) is 4.90. The maximum absolute atomic E-state index is 9.02. The van der Waals surface area contributed by atoms with Crippen molar-refractivity contribution in [1.82, 2.24) is 24.5 Å². The second kappa shape index (κ2) is 8.44. The molecular formula is C16H28ClN5O. The molecule has 3 rings (SSSR count). The summed E-state index contributed by atoms with van der Waals surface area (Å²) in [5, 5.41) is 14.0. The van der Waals surface area contributed by atoms with E-state index in [9.17, 15) is 0 Å². The first-order chi connectivity index (χ1) is 11.2. The molecule has 2 saturated heterocycles. The fourth-order valence-electron chi connectivity index (χ4n) is 3.71. The fraction of sp³-hybridized carbons (Fsp3) is 0.812. The summed E-state index contributed by atoms with van der Waals surface area (Å²) in [5.41, 5.74) is 0. The molecule has 2 aliphatic rings. The summed E-state index contributed by atoms with van der Waals surface area (Å²) in [6.07, 6.45) is 6.12. The molecule has 0 unspecified atom stereocenters. The number of halogens is 1. The van der Waals surface area contributed by atoms with Crippen molar-refractivity contribution in [3.63, 3.8) is 0 Å². The Morgan fingerprint density at radius 2 is 1.70 bits per heavy atom. The minimum atomic E-state index is 0.278. The largest absolute Gasteiger partial charge is 0.395 e. The quantitative estimate of drug-likeness (QED) is 0.821. The van der Waals surface area contributed by atoms with Crippen molar-refractivity contribution >= 4 is 11.6 Å². The van der Waals surface area contributed by atoms with Gasteiger partial charge in [0.2, 0.25) is 0 Å². The van der Waals surface area contributed by atoms with Gasteiger partial charge in [0.1, 0.15) is 0 Å². The lowest BCUT2D eigenvalue weighted by atomic mass is 10.0. The molecular weight excluding hydrogens is 314 g/mol. The van der Waals surface area contributed by atoms with E-state index in [-0.39, 0.29) is 6.61 Å². The van der Waals surface area contributed by atoms with Gasteiger partial charge in [-0.15, -0.1) is 0 Å². The Hall–Kier alpha value is -0.660. The molecule has 6 nitrogen and oxygen atoms in total. The van der Waals surface area contributed by atoms with Crippen LogP contribution in [0.25, 0.3) is 0 Å². The predicted molar refractivity (Wildman–Crippen MR) is 91.8 cm³/mol.